The summed E-state index contributed by atoms with van der Waals surface area (Å²) >= 11 is 0. The maximum atomic E-state index is 12.5. The highest BCUT2D eigenvalue weighted by Gasteiger charge is 2.75. The van der Waals surface area contributed by atoms with Crippen LogP contribution in [0.1, 0.15) is 58.3 Å². The van der Waals surface area contributed by atoms with Gasteiger partial charge in [-0.25, -0.2) is 0 Å². The monoisotopic (exact) mass is 374 g/mol. The van der Waals surface area contributed by atoms with Crippen molar-refractivity contribution >= 4 is 11.8 Å². The molecule has 148 valence electrons. The molecule has 4 aliphatic carbocycles. The van der Waals surface area contributed by atoms with Crippen molar-refractivity contribution in [3.8, 4) is 0 Å². The van der Waals surface area contributed by atoms with Gasteiger partial charge in [0.2, 0.25) is 0 Å². The summed E-state index contributed by atoms with van der Waals surface area (Å²) in [5.41, 5.74) is 0.814. The quantitative estimate of drug-likeness (QED) is 0.693. The zero-order chi connectivity index (χ0) is 19.0. The third-order valence-corrected chi connectivity index (χ3v) is 9.06. The Hall–Kier alpha value is -1.20. The lowest BCUT2D eigenvalue weighted by Crippen LogP contribution is -2.59. The Morgan fingerprint density at radius 2 is 1.93 bits per heavy atom. The first-order valence-electron chi connectivity index (χ1n) is 10.4. The SMILES string of the molecule is COC(=O)[C@@H]1CC[C@H]2[C@@]1(C)CC[C@@H]1[C@]23CCC2=CC(=O)CC[C@]21[C@@H](OC)O3. The van der Waals surface area contributed by atoms with Gasteiger partial charge in [-0.15, -0.1) is 0 Å². The van der Waals surface area contributed by atoms with E-state index in [-0.39, 0.29) is 40.4 Å². The van der Waals surface area contributed by atoms with Crippen LogP contribution >= 0.6 is 0 Å². The molecule has 0 aromatic carbocycles. The summed E-state index contributed by atoms with van der Waals surface area (Å²) in [6.45, 7) is 2.28. The summed E-state index contributed by atoms with van der Waals surface area (Å²) in [4.78, 5) is 24.6. The molecule has 2 bridgehead atoms. The van der Waals surface area contributed by atoms with Gasteiger partial charge in [-0.3, -0.25) is 9.59 Å². The molecule has 0 radical (unpaired) electrons. The van der Waals surface area contributed by atoms with Crippen LogP contribution in [0, 0.1) is 28.6 Å². The number of hydrogen-bond donors (Lipinski definition) is 0. The second-order valence-electron chi connectivity index (χ2n) is 9.62. The largest absolute Gasteiger partial charge is 0.469 e. The number of ketones is 1. The van der Waals surface area contributed by atoms with Crippen molar-refractivity contribution in [2.24, 2.45) is 28.6 Å². The normalized spacial score (nSPS) is 50.5. The van der Waals surface area contributed by atoms with E-state index in [1.807, 2.05) is 6.08 Å². The Morgan fingerprint density at radius 3 is 2.67 bits per heavy atom. The zero-order valence-electron chi connectivity index (χ0n) is 16.6. The van der Waals surface area contributed by atoms with Gasteiger partial charge < -0.3 is 14.2 Å². The summed E-state index contributed by atoms with van der Waals surface area (Å²) in [7, 11) is 3.24. The number of carbonyl (C=O) groups is 2. The number of carbonyl (C=O) groups excluding carboxylic acids is 2. The van der Waals surface area contributed by atoms with Gasteiger partial charge >= 0.3 is 5.97 Å². The molecule has 0 N–H and O–H groups in total. The molecule has 0 amide bonds. The highest BCUT2D eigenvalue weighted by molar-refractivity contribution is 5.91. The number of methoxy groups -OCH3 is 2. The van der Waals surface area contributed by atoms with Crippen molar-refractivity contribution in [2.75, 3.05) is 14.2 Å². The lowest BCUT2D eigenvalue weighted by atomic mass is 9.46. The van der Waals surface area contributed by atoms with Gasteiger partial charge in [-0.05, 0) is 62.4 Å². The molecule has 27 heavy (non-hydrogen) atoms. The molecular weight excluding hydrogens is 344 g/mol. The minimum Gasteiger partial charge on any atom is -0.469 e. The topological polar surface area (TPSA) is 61.8 Å². The van der Waals surface area contributed by atoms with E-state index in [2.05, 4.69) is 6.92 Å². The molecule has 5 aliphatic rings. The van der Waals surface area contributed by atoms with Crippen molar-refractivity contribution in [2.45, 2.75) is 70.2 Å². The van der Waals surface area contributed by atoms with Gasteiger partial charge in [0, 0.05) is 24.9 Å². The van der Waals surface area contributed by atoms with Crippen LogP contribution in [-0.4, -0.2) is 37.9 Å². The summed E-state index contributed by atoms with van der Waals surface area (Å²) in [6.07, 6.45) is 8.85. The third-order valence-electron chi connectivity index (χ3n) is 9.06. The van der Waals surface area contributed by atoms with Gasteiger partial charge in [-0.1, -0.05) is 12.5 Å². The molecule has 3 saturated carbocycles. The van der Waals surface area contributed by atoms with Crippen molar-refractivity contribution in [3.63, 3.8) is 0 Å². The maximum Gasteiger partial charge on any atom is 0.309 e. The van der Waals surface area contributed by atoms with Crippen LogP contribution in [0.15, 0.2) is 11.6 Å². The van der Waals surface area contributed by atoms with Crippen molar-refractivity contribution in [3.05, 3.63) is 11.6 Å². The van der Waals surface area contributed by atoms with Crippen molar-refractivity contribution in [1.29, 1.82) is 0 Å². The molecule has 5 heteroatoms. The Labute approximate surface area is 160 Å². The fourth-order valence-electron chi connectivity index (χ4n) is 8.04. The average molecular weight is 374 g/mol. The molecule has 0 aromatic heterocycles. The number of ether oxygens (including phenoxy) is 3. The minimum absolute atomic E-state index is 0.0335. The zero-order valence-corrected chi connectivity index (χ0v) is 16.6. The number of esters is 1. The molecule has 5 rings (SSSR count). The highest BCUT2D eigenvalue weighted by atomic mass is 16.7. The lowest BCUT2D eigenvalue weighted by molar-refractivity contribution is -0.210. The lowest BCUT2D eigenvalue weighted by Gasteiger charge is -2.58. The van der Waals surface area contributed by atoms with Crippen LogP contribution in [0.25, 0.3) is 0 Å². The second-order valence-corrected chi connectivity index (χ2v) is 9.62. The Bertz CT molecular complexity index is 728. The Kier molecular flexibility index (Phi) is 3.75. The standard InChI is InChI=1S/C22H30O5/c1-20-9-8-17-21-10-7-14(23)12-13(21)6-11-22(17,27-19(21)26-3)16(20)5-4-15(20)18(24)25-2/h12,15-17,19H,4-11H2,1-3H3/t15-,16-,17-,19-,20-,21-,22-/m0/s1. The smallest absolute Gasteiger partial charge is 0.309 e. The summed E-state index contributed by atoms with van der Waals surface area (Å²) in [5, 5.41) is 0. The van der Waals surface area contributed by atoms with E-state index in [1.165, 1.54) is 12.7 Å². The van der Waals surface area contributed by atoms with Gasteiger partial charge in [0.1, 0.15) is 0 Å². The second kappa shape index (κ2) is 5.66. The van der Waals surface area contributed by atoms with Crippen LogP contribution in [0.5, 0.6) is 0 Å². The van der Waals surface area contributed by atoms with Gasteiger partial charge in [0.05, 0.1) is 18.6 Å². The minimum atomic E-state index is -0.274. The fraction of sp³-hybridized carbons (Fsp3) is 0.818. The number of hydrogen-bond acceptors (Lipinski definition) is 5. The molecule has 1 spiro atoms. The van der Waals surface area contributed by atoms with E-state index in [4.69, 9.17) is 14.2 Å². The fourth-order valence-corrected chi connectivity index (χ4v) is 8.04. The van der Waals surface area contributed by atoms with Gasteiger partial charge in [-0.2, -0.15) is 0 Å². The average Bonchev–Trinajstić information content (AvgIpc) is 3.11. The molecule has 0 unspecified atom stereocenters. The maximum absolute atomic E-state index is 12.5. The Balaban J connectivity index is 1.60. The van der Waals surface area contributed by atoms with Crippen LogP contribution in [0.2, 0.25) is 0 Å². The van der Waals surface area contributed by atoms with Crippen molar-refractivity contribution < 1.29 is 23.8 Å². The molecule has 4 fully saturated rings. The molecule has 5 nitrogen and oxygen atoms in total. The third kappa shape index (κ3) is 1.97. The van der Waals surface area contributed by atoms with E-state index >= 15 is 0 Å². The van der Waals surface area contributed by atoms with Crippen molar-refractivity contribution in [1.82, 2.24) is 0 Å². The van der Waals surface area contributed by atoms with Gasteiger partial charge in [0.25, 0.3) is 0 Å². The van der Waals surface area contributed by atoms with E-state index in [9.17, 15) is 9.59 Å². The van der Waals surface area contributed by atoms with Crippen LogP contribution in [0.4, 0.5) is 0 Å². The van der Waals surface area contributed by atoms with E-state index in [0.717, 1.165) is 44.9 Å². The molecular formula is C22H30O5. The molecule has 0 aromatic rings. The predicted octanol–water partition coefficient (Wildman–Crippen LogP) is 3.41. The van der Waals surface area contributed by atoms with E-state index in [1.54, 1.807) is 7.11 Å². The van der Waals surface area contributed by atoms with Crippen LogP contribution < -0.4 is 0 Å². The van der Waals surface area contributed by atoms with Gasteiger partial charge in [0.15, 0.2) is 12.1 Å². The first-order valence-corrected chi connectivity index (χ1v) is 10.4. The van der Waals surface area contributed by atoms with Crippen LogP contribution in [0.3, 0.4) is 0 Å². The predicted molar refractivity (Wildman–Crippen MR) is 97.7 cm³/mol. The van der Waals surface area contributed by atoms with E-state index in [0.29, 0.717) is 18.3 Å². The van der Waals surface area contributed by atoms with Crippen LogP contribution in [-0.2, 0) is 23.8 Å². The molecule has 7 atom stereocenters. The molecule has 1 saturated heterocycles. The Morgan fingerprint density at radius 1 is 1.11 bits per heavy atom. The first kappa shape index (κ1) is 17.9. The first-order chi connectivity index (χ1) is 12.9. The number of fused-ring (bicyclic) bond motifs is 1. The number of rotatable bonds is 2. The molecule has 1 heterocycles. The summed E-state index contributed by atoms with van der Waals surface area (Å²) in [6, 6.07) is 0. The summed E-state index contributed by atoms with van der Waals surface area (Å²) in [5.74, 6) is 0.887. The van der Waals surface area contributed by atoms with E-state index < -0.39 is 0 Å². The molecule has 1 aliphatic heterocycles. The summed E-state index contributed by atoms with van der Waals surface area (Å²) < 4.78 is 17.9. The highest BCUT2D eigenvalue weighted by Crippen LogP contribution is 2.74.